The molecular weight excluding hydrogens is 336 g/mol. The summed E-state index contributed by atoms with van der Waals surface area (Å²) in [5.41, 5.74) is 1.76. The summed E-state index contributed by atoms with van der Waals surface area (Å²) in [5.74, 6) is -0.259. The van der Waals surface area contributed by atoms with Crippen LogP contribution >= 0.6 is 0 Å². The molecule has 0 aromatic heterocycles. The standard InChI is InChI=1S/C17H16N6O3/c1-11(24)19-17-9-13(22(2)3)4-7-16(17)21-20-15-6-5-14(23(25)26)8-12(15)10-18/h4-9H,1-3H3,(H,19,24)/b21-20+. The molecule has 0 saturated heterocycles. The van der Waals surface area contributed by atoms with E-state index in [0.29, 0.717) is 11.4 Å². The van der Waals surface area contributed by atoms with E-state index in [1.807, 2.05) is 25.1 Å². The van der Waals surface area contributed by atoms with E-state index in [9.17, 15) is 14.9 Å². The maximum Gasteiger partial charge on any atom is 0.270 e. The zero-order valence-electron chi connectivity index (χ0n) is 14.4. The number of hydrogen-bond donors (Lipinski definition) is 1. The lowest BCUT2D eigenvalue weighted by atomic mass is 10.2. The molecule has 9 heteroatoms. The molecule has 2 rings (SSSR count). The summed E-state index contributed by atoms with van der Waals surface area (Å²) in [6.07, 6.45) is 0. The van der Waals surface area contributed by atoms with Crippen LogP contribution in [0, 0.1) is 21.4 Å². The Kier molecular flexibility index (Phi) is 5.60. The average Bonchev–Trinajstić information content (AvgIpc) is 2.59. The highest BCUT2D eigenvalue weighted by Crippen LogP contribution is 2.32. The molecule has 26 heavy (non-hydrogen) atoms. The summed E-state index contributed by atoms with van der Waals surface area (Å²) in [7, 11) is 3.73. The zero-order chi connectivity index (χ0) is 19.3. The fraction of sp³-hybridized carbons (Fsp3) is 0.176. The Hall–Kier alpha value is -3.80. The number of amides is 1. The van der Waals surface area contributed by atoms with Crippen LogP contribution in [-0.2, 0) is 4.79 Å². The van der Waals surface area contributed by atoms with Crippen molar-refractivity contribution in [2.24, 2.45) is 10.2 Å². The minimum Gasteiger partial charge on any atom is -0.378 e. The zero-order valence-corrected chi connectivity index (χ0v) is 14.4. The Morgan fingerprint density at radius 1 is 1.19 bits per heavy atom. The Bertz CT molecular complexity index is 931. The van der Waals surface area contributed by atoms with Crippen LogP contribution in [0.4, 0.5) is 28.4 Å². The van der Waals surface area contributed by atoms with Crippen molar-refractivity contribution in [3.63, 3.8) is 0 Å². The summed E-state index contributed by atoms with van der Waals surface area (Å²) in [6, 6.07) is 10.8. The first-order valence-electron chi connectivity index (χ1n) is 7.51. The van der Waals surface area contributed by atoms with Gasteiger partial charge in [0, 0.05) is 38.8 Å². The van der Waals surface area contributed by atoms with Gasteiger partial charge in [0.05, 0.1) is 16.2 Å². The first kappa shape index (κ1) is 18.5. The molecule has 0 aliphatic heterocycles. The fourth-order valence-electron chi connectivity index (χ4n) is 2.10. The number of nitrogens with zero attached hydrogens (tertiary/aromatic N) is 5. The van der Waals surface area contributed by atoms with Crippen molar-refractivity contribution in [2.45, 2.75) is 6.92 Å². The third-order valence-electron chi connectivity index (χ3n) is 3.38. The number of nitrogens with one attached hydrogen (secondary N) is 1. The van der Waals surface area contributed by atoms with Crippen LogP contribution in [0.15, 0.2) is 46.6 Å². The number of rotatable bonds is 5. The van der Waals surface area contributed by atoms with Crippen molar-refractivity contribution in [1.29, 1.82) is 5.26 Å². The second kappa shape index (κ2) is 7.85. The third-order valence-corrected chi connectivity index (χ3v) is 3.38. The number of benzene rings is 2. The Balaban J connectivity index is 2.42. The summed E-state index contributed by atoms with van der Waals surface area (Å²) in [4.78, 5) is 23.5. The van der Waals surface area contributed by atoms with E-state index in [0.717, 1.165) is 11.8 Å². The van der Waals surface area contributed by atoms with Gasteiger partial charge in [-0.15, -0.1) is 10.2 Å². The highest BCUT2D eigenvalue weighted by Gasteiger charge is 2.11. The lowest BCUT2D eigenvalue weighted by Crippen LogP contribution is -2.10. The largest absolute Gasteiger partial charge is 0.378 e. The van der Waals surface area contributed by atoms with Crippen LogP contribution in [0.3, 0.4) is 0 Å². The number of azo groups is 1. The predicted molar refractivity (Wildman–Crippen MR) is 97.1 cm³/mol. The highest BCUT2D eigenvalue weighted by molar-refractivity contribution is 5.92. The molecule has 0 spiro atoms. The summed E-state index contributed by atoms with van der Waals surface area (Å²) in [6.45, 7) is 1.38. The highest BCUT2D eigenvalue weighted by atomic mass is 16.6. The van der Waals surface area contributed by atoms with Gasteiger partial charge < -0.3 is 10.2 Å². The molecule has 0 heterocycles. The number of carbonyl (C=O) groups excluding carboxylic acids is 1. The molecule has 132 valence electrons. The van der Waals surface area contributed by atoms with Gasteiger partial charge in [0.1, 0.15) is 17.4 Å². The van der Waals surface area contributed by atoms with E-state index in [-0.39, 0.29) is 22.8 Å². The molecule has 2 aromatic carbocycles. The van der Waals surface area contributed by atoms with E-state index < -0.39 is 4.92 Å². The van der Waals surface area contributed by atoms with Gasteiger partial charge in [-0.3, -0.25) is 14.9 Å². The molecule has 0 aliphatic rings. The van der Waals surface area contributed by atoms with Gasteiger partial charge in [-0.2, -0.15) is 5.26 Å². The van der Waals surface area contributed by atoms with Crippen molar-refractivity contribution in [3.8, 4) is 6.07 Å². The van der Waals surface area contributed by atoms with Gasteiger partial charge >= 0.3 is 0 Å². The third kappa shape index (κ3) is 4.39. The van der Waals surface area contributed by atoms with Gasteiger partial charge in [-0.05, 0) is 24.3 Å². The number of nitro benzene ring substituents is 1. The van der Waals surface area contributed by atoms with Gasteiger partial charge in [-0.25, -0.2) is 0 Å². The molecule has 0 radical (unpaired) electrons. The lowest BCUT2D eigenvalue weighted by Gasteiger charge is -2.15. The van der Waals surface area contributed by atoms with E-state index in [4.69, 9.17) is 5.26 Å². The molecule has 2 aromatic rings. The fourth-order valence-corrected chi connectivity index (χ4v) is 2.10. The molecule has 9 nitrogen and oxygen atoms in total. The Labute approximate surface area is 149 Å². The van der Waals surface area contributed by atoms with E-state index in [1.54, 1.807) is 18.2 Å². The number of hydrogen-bond acceptors (Lipinski definition) is 7. The second-order valence-electron chi connectivity index (χ2n) is 5.55. The van der Waals surface area contributed by atoms with Gasteiger partial charge in [0.25, 0.3) is 5.69 Å². The minimum atomic E-state index is -0.587. The first-order chi connectivity index (χ1) is 12.3. The molecule has 1 N–H and O–H groups in total. The molecule has 0 bridgehead atoms. The predicted octanol–water partition coefficient (Wildman–Crippen LogP) is 3.91. The van der Waals surface area contributed by atoms with Crippen LogP contribution in [0.25, 0.3) is 0 Å². The van der Waals surface area contributed by atoms with E-state index >= 15 is 0 Å². The number of non-ortho nitro benzene ring substituents is 1. The van der Waals surface area contributed by atoms with Gasteiger partial charge in [0.15, 0.2) is 0 Å². The molecule has 1 amide bonds. The average molecular weight is 352 g/mol. The Morgan fingerprint density at radius 3 is 2.42 bits per heavy atom. The molecule has 0 unspecified atom stereocenters. The molecule has 0 aliphatic carbocycles. The smallest absolute Gasteiger partial charge is 0.270 e. The minimum absolute atomic E-state index is 0.0361. The van der Waals surface area contributed by atoms with Crippen LogP contribution in [-0.4, -0.2) is 24.9 Å². The lowest BCUT2D eigenvalue weighted by molar-refractivity contribution is -0.384. The van der Waals surface area contributed by atoms with Crippen LogP contribution in [0.1, 0.15) is 12.5 Å². The summed E-state index contributed by atoms with van der Waals surface area (Å²) < 4.78 is 0. The maximum absolute atomic E-state index is 11.4. The van der Waals surface area contributed by atoms with Crippen molar-refractivity contribution >= 4 is 34.3 Å². The molecule has 0 saturated carbocycles. The van der Waals surface area contributed by atoms with Gasteiger partial charge in [0.2, 0.25) is 5.91 Å². The normalized spacial score (nSPS) is 10.4. The van der Waals surface area contributed by atoms with E-state index in [2.05, 4.69) is 15.5 Å². The molecule has 0 fully saturated rings. The van der Waals surface area contributed by atoms with Crippen LogP contribution in [0.2, 0.25) is 0 Å². The second-order valence-corrected chi connectivity index (χ2v) is 5.55. The quantitative estimate of drug-likeness (QED) is 0.496. The SMILES string of the molecule is CC(=O)Nc1cc(N(C)C)ccc1/N=N/c1ccc([N+](=O)[O-])cc1C#N. The van der Waals surface area contributed by atoms with E-state index in [1.165, 1.54) is 19.1 Å². The van der Waals surface area contributed by atoms with Crippen molar-refractivity contribution < 1.29 is 9.72 Å². The summed E-state index contributed by atoms with van der Waals surface area (Å²) >= 11 is 0. The van der Waals surface area contributed by atoms with Crippen molar-refractivity contribution in [3.05, 3.63) is 52.1 Å². The number of carbonyl (C=O) groups is 1. The van der Waals surface area contributed by atoms with Crippen LogP contribution < -0.4 is 10.2 Å². The topological polar surface area (TPSA) is 124 Å². The summed E-state index contributed by atoms with van der Waals surface area (Å²) in [5, 5.41) is 30.7. The van der Waals surface area contributed by atoms with Crippen LogP contribution in [0.5, 0.6) is 0 Å². The number of nitro groups is 1. The maximum atomic E-state index is 11.4. The monoisotopic (exact) mass is 352 g/mol. The first-order valence-corrected chi connectivity index (χ1v) is 7.51. The molecule has 0 atom stereocenters. The Morgan fingerprint density at radius 2 is 1.85 bits per heavy atom. The number of nitriles is 1. The van der Waals surface area contributed by atoms with Crippen molar-refractivity contribution in [1.82, 2.24) is 0 Å². The van der Waals surface area contributed by atoms with Crippen molar-refractivity contribution in [2.75, 3.05) is 24.3 Å². The van der Waals surface area contributed by atoms with Gasteiger partial charge in [-0.1, -0.05) is 0 Å². The molecular formula is C17H16N6O3. The number of anilines is 2.